The van der Waals surface area contributed by atoms with Crippen LogP contribution >= 0.6 is 0 Å². The van der Waals surface area contributed by atoms with Gasteiger partial charge in [-0.15, -0.1) is 0 Å². The van der Waals surface area contributed by atoms with Crippen LogP contribution in [0.15, 0.2) is 60.7 Å². The lowest BCUT2D eigenvalue weighted by Crippen LogP contribution is -2.58. The van der Waals surface area contributed by atoms with E-state index in [1.807, 2.05) is 54.8 Å². The summed E-state index contributed by atoms with van der Waals surface area (Å²) in [6, 6.07) is 14.1. The molecule has 46 heavy (non-hydrogen) atoms. The second-order valence-electron chi connectivity index (χ2n) is 10.8. The van der Waals surface area contributed by atoms with E-state index in [-0.39, 0.29) is 44.7 Å². The van der Waals surface area contributed by atoms with Gasteiger partial charge in [0.15, 0.2) is 5.96 Å². The number of carbonyl (C=O) groups is 4. The monoisotopic (exact) mass is 636 g/mol. The fourth-order valence-electron chi connectivity index (χ4n) is 4.66. The van der Waals surface area contributed by atoms with E-state index in [9.17, 15) is 24.0 Å². The highest BCUT2D eigenvalue weighted by molar-refractivity contribution is 5.95. The number of unbranched alkanes of at least 4 members (excludes halogenated alkanes) is 1. The maximum Gasteiger partial charge on any atom is 0.243 e. The summed E-state index contributed by atoms with van der Waals surface area (Å²) in [5.74, 6) is -2.59. The molecule has 0 fully saturated rings. The third-order valence-corrected chi connectivity index (χ3v) is 7.06. The molecule has 0 saturated heterocycles. The van der Waals surface area contributed by atoms with Gasteiger partial charge in [-0.1, -0.05) is 60.7 Å². The summed E-state index contributed by atoms with van der Waals surface area (Å²) in [6.07, 6.45) is 4.08. The average Bonchev–Trinajstić information content (AvgIpc) is 3.05. The van der Waals surface area contributed by atoms with Crippen molar-refractivity contribution in [1.29, 1.82) is 5.41 Å². The molecular formula is C32H46N9O5. The van der Waals surface area contributed by atoms with E-state index in [2.05, 4.69) is 26.6 Å². The van der Waals surface area contributed by atoms with Gasteiger partial charge in [-0.25, -0.2) is 0 Å². The fraction of sp³-hybridized carbons (Fsp3) is 0.438. The van der Waals surface area contributed by atoms with Gasteiger partial charge in [-0.2, -0.15) is 0 Å². The van der Waals surface area contributed by atoms with Crippen molar-refractivity contribution in [1.82, 2.24) is 26.6 Å². The van der Waals surface area contributed by atoms with Crippen LogP contribution < -0.4 is 43.8 Å². The SMILES string of the molecule is N=C(N)NCCC[C@H](NC(=O)CN)C(=O)N[C@@H](CCCCN)C(=O)N[C@@H](Cc1ccccc1)C(=O)N[C@H]([C]=O)Cc1ccccc1. The van der Waals surface area contributed by atoms with E-state index < -0.39 is 47.8 Å². The molecular weight excluding hydrogens is 590 g/mol. The van der Waals surface area contributed by atoms with Crippen LogP contribution in [0.5, 0.6) is 0 Å². The van der Waals surface area contributed by atoms with Gasteiger partial charge in [-0.3, -0.25) is 29.4 Å². The average molecular weight is 637 g/mol. The van der Waals surface area contributed by atoms with Crippen LogP contribution in [0.25, 0.3) is 0 Å². The van der Waals surface area contributed by atoms with Gasteiger partial charge in [0.2, 0.25) is 29.9 Å². The molecule has 0 unspecified atom stereocenters. The Hall–Kier alpha value is -4.82. The molecule has 0 aliphatic carbocycles. The van der Waals surface area contributed by atoms with Crippen molar-refractivity contribution in [3.8, 4) is 0 Å². The minimum atomic E-state index is -1.08. The second-order valence-corrected chi connectivity index (χ2v) is 10.8. The first-order valence-electron chi connectivity index (χ1n) is 15.3. The predicted molar refractivity (Wildman–Crippen MR) is 175 cm³/mol. The molecule has 14 heteroatoms. The number of nitrogens with two attached hydrogens (primary N) is 3. The number of benzene rings is 2. The van der Waals surface area contributed by atoms with E-state index in [1.165, 1.54) is 0 Å². The Bertz CT molecular complexity index is 1260. The molecule has 2 rings (SSSR count). The van der Waals surface area contributed by atoms with Crippen LogP contribution in [0.2, 0.25) is 0 Å². The third-order valence-electron chi connectivity index (χ3n) is 7.06. The largest absolute Gasteiger partial charge is 0.370 e. The van der Waals surface area contributed by atoms with Crippen LogP contribution in [0.4, 0.5) is 0 Å². The Balaban J connectivity index is 2.24. The summed E-state index contributed by atoms with van der Waals surface area (Å²) < 4.78 is 0. The molecule has 249 valence electrons. The maximum absolute atomic E-state index is 13.7. The first-order valence-corrected chi connectivity index (χ1v) is 15.3. The fourth-order valence-corrected chi connectivity index (χ4v) is 4.66. The molecule has 0 spiro atoms. The normalized spacial score (nSPS) is 13.3. The lowest BCUT2D eigenvalue weighted by molar-refractivity contribution is -0.133. The van der Waals surface area contributed by atoms with E-state index in [0.717, 1.165) is 11.1 Å². The van der Waals surface area contributed by atoms with Gasteiger partial charge in [0.25, 0.3) is 0 Å². The molecule has 0 heterocycles. The summed E-state index contributed by atoms with van der Waals surface area (Å²) in [5.41, 5.74) is 18.0. The van der Waals surface area contributed by atoms with Gasteiger partial charge < -0.3 is 43.8 Å². The maximum atomic E-state index is 13.7. The van der Waals surface area contributed by atoms with Crippen LogP contribution in [0.1, 0.15) is 43.2 Å². The smallest absolute Gasteiger partial charge is 0.243 e. The molecule has 4 amide bonds. The van der Waals surface area contributed by atoms with E-state index in [0.29, 0.717) is 25.8 Å². The van der Waals surface area contributed by atoms with Gasteiger partial charge >= 0.3 is 0 Å². The number of nitrogens with one attached hydrogen (secondary N) is 6. The minimum absolute atomic E-state index is 0.122. The highest BCUT2D eigenvalue weighted by atomic mass is 16.2. The van der Waals surface area contributed by atoms with Gasteiger partial charge in [0.05, 0.1) is 12.6 Å². The Morgan fingerprint density at radius 1 is 0.696 bits per heavy atom. The zero-order valence-corrected chi connectivity index (χ0v) is 25.9. The van der Waals surface area contributed by atoms with E-state index in [1.54, 1.807) is 12.1 Å². The topological polar surface area (TPSA) is 247 Å². The van der Waals surface area contributed by atoms with Gasteiger partial charge in [-0.05, 0) is 49.8 Å². The number of guanidine groups is 1. The van der Waals surface area contributed by atoms with Crippen molar-refractivity contribution in [2.75, 3.05) is 19.6 Å². The highest BCUT2D eigenvalue weighted by Crippen LogP contribution is 2.09. The number of carbonyl (C=O) groups excluding carboxylic acids is 5. The summed E-state index contributed by atoms with van der Waals surface area (Å²) in [5, 5.41) is 20.7. The molecule has 0 saturated carbocycles. The third kappa shape index (κ3) is 14.3. The molecule has 0 aliphatic rings. The van der Waals surface area contributed by atoms with Gasteiger partial charge in [0, 0.05) is 19.4 Å². The minimum Gasteiger partial charge on any atom is -0.370 e. The molecule has 12 N–H and O–H groups in total. The van der Waals surface area contributed by atoms with Crippen molar-refractivity contribution in [2.45, 2.75) is 69.1 Å². The van der Waals surface area contributed by atoms with Crippen molar-refractivity contribution in [3.63, 3.8) is 0 Å². The zero-order valence-electron chi connectivity index (χ0n) is 25.9. The van der Waals surface area contributed by atoms with Crippen molar-refractivity contribution in [3.05, 3.63) is 71.8 Å². The summed E-state index contributed by atoms with van der Waals surface area (Å²) in [4.78, 5) is 64.4. The number of hydrogen-bond donors (Lipinski definition) is 9. The molecule has 2 aromatic carbocycles. The van der Waals surface area contributed by atoms with Crippen molar-refractivity contribution >= 4 is 35.9 Å². The predicted octanol–water partition coefficient (Wildman–Crippen LogP) is -1.13. The van der Waals surface area contributed by atoms with E-state index in [4.69, 9.17) is 22.6 Å². The molecule has 1 radical (unpaired) electrons. The van der Waals surface area contributed by atoms with Crippen LogP contribution in [-0.4, -0.2) is 79.7 Å². The molecule has 0 aliphatic heterocycles. The van der Waals surface area contributed by atoms with Crippen LogP contribution in [-0.2, 0) is 36.8 Å². The molecule has 4 atom stereocenters. The Labute approximate surface area is 269 Å². The van der Waals surface area contributed by atoms with Crippen molar-refractivity contribution in [2.24, 2.45) is 17.2 Å². The lowest BCUT2D eigenvalue weighted by atomic mass is 10.0. The molecule has 2 aromatic rings. The quantitative estimate of drug-likeness (QED) is 0.0456. The molecule has 14 nitrogen and oxygen atoms in total. The second kappa shape index (κ2) is 21.0. The summed E-state index contributed by atoms with van der Waals surface area (Å²) in [7, 11) is 0. The Morgan fingerprint density at radius 3 is 1.76 bits per heavy atom. The summed E-state index contributed by atoms with van der Waals surface area (Å²) >= 11 is 0. The van der Waals surface area contributed by atoms with Gasteiger partial charge in [0.1, 0.15) is 18.1 Å². The zero-order chi connectivity index (χ0) is 33.7. The van der Waals surface area contributed by atoms with Crippen LogP contribution in [0.3, 0.4) is 0 Å². The highest BCUT2D eigenvalue weighted by Gasteiger charge is 2.30. The number of amides is 4. The molecule has 0 aromatic heterocycles. The van der Waals surface area contributed by atoms with E-state index >= 15 is 0 Å². The number of rotatable bonds is 21. The number of hydrogen-bond acceptors (Lipinski definition) is 8. The first kappa shape index (κ1) is 37.4. The standard InChI is InChI=1S/C32H46N9O5/c33-16-8-7-14-26(40-29(44)25(39-28(43)20-34)15-9-17-37-32(35)36)30(45)41-27(19-23-12-5-2-6-13-23)31(46)38-24(21-42)18-22-10-3-1-4-11-22/h1-6,10-13,24-27H,7-9,14-20,33-34H2,(H,38,46)(H,39,43)(H,40,44)(H,41,45)(H4,35,36,37)/t24-,25-,26-,27-/m0/s1. The molecule has 0 bridgehead atoms. The Morgan fingerprint density at radius 2 is 1.22 bits per heavy atom. The van der Waals surface area contributed by atoms with Crippen molar-refractivity contribution < 1.29 is 24.0 Å². The first-order chi connectivity index (χ1) is 22.2. The Kier molecular flexibility index (Phi) is 17.1. The summed E-state index contributed by atoms with van der Waals surface area (Å²) in [6.45, 7) is 0.331. The lowest BCUT2D eigenvalue weighted by Gasteiger charge is -2.26. The van der Waals surface area contributed by atoms with Crippen LogP contribution in [0, 0.1) is 5.41 Å².